The Hall–Kier alpha value is -1.29. The van der Waals surface area contributed by atoms with Crippen LogP contribution in [0.1, 0.15) is 20.3 Å². The summed E-state index contributed by atoms with van der Waals surface area (Å²) in [7, 11) is 0. The van der Waals surface area contributed by atoms with Crippen molar-refractivity contribution < 1.29 is 4.79 Å². The molecule has 0 spiro atoms. The molecule has 0 aromatic rings. The number of carbonyl (C=O) groups excluding carboxylic acids is 1. The molecule has 12 heavy (non-hydrogen) atoms. The van der Waals surface area contributed by atoms with E-state index in [-0.39, 0.29) is 5.78 Å². The molecular formula is C11H12O. The number of ketones is 1. The zero-order valence-corrected chi connectivity index (χ0v) is 7.42. The molecule has 0 saturated heterocycles. The Kier molecular flexibility index (Phi) is 2.88. The van der Waals surface area contributed by atoms with Crippen molar-refractivity contribution in [2.24, 2.45) is 5.92 Å². The zero-order chi connectivity index (χ0) is 8.97. The SMILES string of the molecule is CC#CC1C=CC(C(C)=O)=CC1. The van der Waals surface area contributed by atoms with Gasteiger partial charge in [-0.2, -0.15) is 0 Å². The van der Waals surface area contributed by atoms with E-state index in [1.54, 1.807) is 6.92 Å². The third-order valence-electron chi connectivity index (χ3n) is 1.84. The van der Waals surface area contributed by atoms with Gasteiger partial charge in [0.25, 0.3) is 0 Å². The van der Waals surface area contributed by atoms with Crippen LogP contribution in [0.5, 0.6) is 0 Å². The molecular weight excluding hydrogens is 148 g/mol. The molecule has 1 unspecified atom stereocenters. The summed E-state index contributed by atoms with van der Waals surface area (Å²) < 4.78 is 0. The van der Waals surface area contributed by atoms with Crippen LogP contribution in [-0.2, 0) is 4.79 Å². The van der Waals surface area contributed by atoms with E-state index in [0.717, 1.165) is 12.0 Å². The Morgan fingerprint density at radius 3 is 2.83 bits per heavy atom. The third-order valence-corrected chi connectivity index (χ3v) is 1.84. The van der Waals surface area contributed by atoms with Gasteiger partial charge in [0, 0.05) is 11.5 Å². The smallest absolute Gasteiger partial charge is 0.159 e. The quantitative estimate of drug-likeness (QED) is 0.537. The zero-order valence-electron chi connectivity index (χ0n) is 7.42. The van der Waals surface area contributed by atoms with Crippen molar-refractivity contribution in [1.29, 1.82) is 0 Å². The van der Waals surface area contributed by atoms with Gasteiger partial charge >= 0.3 is 0 Å². The van der Waals surface area contributed by atoms with E-state index in [0.29, 0.717) is 5.92 Å². The van der Waals surface area contributed by atoms with Gasteiger partial charge in [0.05, 0.1) is 0 Å². The summed E-state index contributed by atoms with van der Waals surface area (Å²) in [4.78, 5) is 10.9. The van der Waals surface area contributed by atoms with Crippen molar-refractivity contribution in [3.63, 3.8) is 0 Å². The number of allylic oxidation sites excluding steroid dienone is 4. The maximum Gasteiger partial charge on any atom is 0.159 e. The van der Waals surface area contributed by atoms with Gasteiger partial charge in [-0.1, -0.05) is 24.1 Å². The number of Topliss-reactive ketones (excluding diaryl/α,β-unsaturated/α-hetero) is 1. The number of hydrogen-bond donors (Lipinski definition) is 0. The molecule has 0 amide bonds. The van der Waals surface area contributed by atoms with Gasteiger partial charge < -0.3 is 0 Å². The molecule has 0 radical (unpaired) electrons. The lowest BCUT2D eigenvalue weighted by molar-refractivity contribution is -0.113. The minimum atomic E-state index is 0.133. The molecule has 0 N–H and O–H groups in total. The highest BCUT2D eigenvalue weighted by atomic mass is 16.1. The van der Waals surface area contributed by atoms with E-state index in [9.17, 15) is 4.79 Å². The molecule has 1 rings (SSSR count). The minimum absolute atomic E-state index is 0.133. The summed E-state index contributed by atoms with van der Waals surface area (Å²) in [5.74, 6) is 6.35. The predicted octanol–water partition coefficient (Wildman–Crippen LogP) is 2.10. The van der Waals surface area contributed by atoms with Crippen molar-refractivity contribution >= 4 is 5.78 Å². The van der Waals surface area contributed by atoms with Crippen LogP contribution in [0.15, 0.2) is 23.8 Å². The Bertz CT molecular complexity index is 297. The highest BCUT2D eigenvalue weighted by Gasteiger charge is 2.07. The Labute approximate surface area is 73.2 Å². The molecule has 1 heteroatoms. The van der Waals surface area contributed by atoms with Crippen LogP contribution in [-0.4, -0.2) is 5.78 Å². The molecule has 1 atom stereocenters. The highest BCUT2D eigenvalue weighted by Crippen LogP contribution is 2.15. The first-order valence-electron chi connectivity index (χ1n) is 4.05. The fraction of sp³-hybridized carbons (Fsp3) is 0.364. The van der Waals surface area contributed by atoms with E-state index in [1.807, 2.05) is 25.2 Å². The van der Waals surface area contributed by atoms with Crippen LogP contribution in [0.25, 0.3) is 0 Å². The normalized spacial score (nSPS) is 20.8. The molecule has 0 aliphatic heterocycles. The molecule has 0 aromatic carbocycles. The maximum atomic E-state index is 10.9. The Morgan fingerprint density at radius 1 is 1.67 bits per heavy atom. The van der Waals surface area contributed by atoms with E-state index in [1.165, 1.54) is 0 Å². The number of rotatable bonds is 1. The molecule has 1 aliphatic rings. The molecule has 0 aromatic heterocycles. The average Bonchev–Trinajstić information content (AvgIpc) is 2.06. The first-order valence-corrected chi connectivity index (χ1v) is 4.05. The summed E-state index contributed by atoms with van der Waals surface area (Å²) in [5.41, 5.74) is 0.809. The monoisotopic (exact) mass is 160 g/mol. The standard InChI is InChI=1S/C11H12O/c1-3-4-10-5-7-11(8-6-10)9(2)12/h5,7-8,10H,6H2,1-2H3. The highest BCUT2D eigenvalue weighted by molar-refractivity contribution is 5.96. The van der Waals surface area contributed by atoms with Crippen LogP contribution in [0.2, 0.25) is 0 Å². The first-order chi connectivity index (χ1) is 5.74. The summed E-state index contributed by atoms with van der Waals surface area (Å²) in [6, 6.07) is 0. The van der Waals surface area contributed by atoms with E-state index < -0.39 is 0 Å². The van der Waals surface area contributed by atoms with Gasteiger partial charge in [-0.05, 0) is 20.3 Å². The van der Waals surface area contributed by atoms with Crippen LogP contribution in [0.3, 0.4) is 0 Å². The Morgan fingerprint density at radius 2 is 2.42 bits per heavy atom. The molecule has 0 saturated carbocycles. The molecule has 1 nitrogen and oxygen atoms in total. The van der Waals surface area contributed by atoms with Crippen molar-refractivity contribution in [1.82, 2.24) is 0 Å². The largest absolute Gasteiger partial charge is 0.295 e. The van der Waals surface area contributed by atoms with Crippen LogP contribution >= 0.6 is 0 Å². The Balaban J connectivity index is 2.65. The molecule has 0 fully saturated rings. The lowest BCUT2D eigenvalue weighted by atomic mass is 9.96. The number of carbonyl (C=O) groups is 1. The molecule has 62 valence electrons. The summed E-state index contributed by atoms with van der Waals surface area (Å²) in [5, 5.41) is 0. The third kappa shape index (κ3) is 2.10. The van der Waals surface area contributed by atoms with Gasteiger partial charge in [-0.25, -0.2) is 0 Å². The lowest BCUT2D eigenvalue weighted by Crippen LogP contribution is -2.01. The van der Waals surface area contributed by atoms with Crippen LogP contribution in [0, 0.1) is 17.8 Å². The van der Waals surface area contributed by atoms with Gasteiger partial charge in [0.2, 0.25) is 0 Å². The summed E-state index contributed by atoms with van der Waals surface area (Å²) in [6.07, 6.45) is 6.68. The average molecular weight is 160 g/mol. The minimum Gasteiger partial charge on any atom is -0.295 e. The topological polar surface area (TPSA) is 17.1 Å². The van der Waals surface area contributed by atoms with E-state index in [4.69, 9.17) is 0 Å². The molecule has 0 heterocycles. The first kappa shape index (κ1) is 8.80. The van der Waals surface area contributed by atoms with E-state index in [2.05, 4.69) is 11.8 Å². The second kappa shape index (κ2) is 3.92. The maximum absolute atomic E-state index is 10.9. The van der Waals surface area contributed by atoms with Crippen molar-refractivity contribution in [3.8, 4) is 11.8 Å². The van der Waals surface area contributed by atoms with Crippen molar-refractivity contribution in [2.75, 3.05) is 0 Å². The second-order valence-corrected chi connectivity index (χ2v) is 2.81. The molecule has 0 bridgehead atoms. The number of hydrogen-bond acceptors (Lipinski definition) is 1. The van der Waals surface area contributed by atoms with E-state index >= 15 is 0 Å². The molecule has 1 aliphatic carbocycles. The fourth-order valence-corrected chi connectivity index (χ4v) is 1.17. The fourth-order valence-electron chi connectivity index (χ4n) is 1.17. The van der Waals surface area contributed by atoms with Crippen molar-refractivity contribution in [2.45, 2.75) is 20.3 Å². The summed E-state index contributed by atoms with van der Waals surface area (Å²) in [6.45, 7) is 3.42. The van der Waals surface area contributed by atoms with Crippen LogP contribution in [0.4, 0.5) is 0 Å². The second-order valence-electron chi connectivity index (χ2n) is 2.81. The predicted molar refractivity (Wildman–Crippen MR) is 49.5 cm³/mol. The van der Waals surface area contributed by atoms with Gasteiger partial charge in [-0.3, -0.25) is 4.79 Å². The lowest BCUT2D eigenvalue weighted by Gasteiger charge is -2.08. The van der Waals surface area contributed by atoms with Gasteiger partial charge in [-0.15, -0.1) is 5.92 Å². The van der Waals surface area contributed by atoms with Crippen LogP contribution < -0.4 is 0 Å². The van der Waals surface area contributed by atoms with Gasteiger partial charge in [0.15, 0.2) is 5.78 Å². The van der Waals surface area contributed by atoms with Gasteiger partial charge in [0.1, 0.15) is 0 Å². The van der Waals surface area contributed by atoms with Crippen molar-refractivity contribution in [3.05, 3.63) is 23.8 Å². The summed E-state index contributed by atoms with van der Waals surface area (Å²) >= 11 is 0.